The van der Waals surface area contributed by atoms with E-state index in [1.807, 2.05) is 11.8 Å². The molecule has 0 aromatic carbocycles. The van der Waals surface area contributed by atoms with Crippen LogP contribution in [0.3, 0.4) is 0 Å². The summed E-state index contributed by atoms with van der Waals surface area (Å²) in [5.41, 5.74) is 0. The lowest BCUT2D eigenvalue weighted by atomic mass is 9.85. The van der Waals surface area contributed by atoms with Gasteiger partial charge in [-0.25, -0.2) is 4.79 Å². The minimum Gasteiger partial charge on any atom is -0.480 e. The van der Waals surface area contributed by atoms with Gasteiger partial charge >= 0.3 is 12.0 Å². The number of carboxylic acid groups (broad SMARTS) is 1. The van der Waals surface area contributed by atoms with Crippen LogP contribution in [0.15, 0.2) is 0 Å². The summed E-state index contributed by atoms with van der Waals surface area (Å²) in [7, 11) is 0. The standard InChI is InChI=1S/C16H29N3O3/c1-3-19(10-15(20)21)14-8-13(9-14)18-16(22)17-12-6-4-5-11(2)7-12/h11-14H,3-10H2,1-2H3,(H,20,21)(H2,17,18,22). The van der Waals surface area contributed by atoms with Crippen LogP contribution in [0, 0.1) is 5.92 Å². The molecule has 126 valence electrons. The molecule has 0 aromatic rings. The molecule has 6 nitrogen and oxygen atoms in total. The summed E-state index contributed by atoms with van der Waals surface area (Å²) in [6.07, 6.45) is 6.29. The van der Waals surface area contributed by atoms with Crippen LogP contribution in [0.2, 0.25) is 0 Å². The van der Waals surface area contributed by atoms with Crippen molar-refractivity contribution in [1.82, 2.24) is 15.5 Å². The second-order valence-electron chi connectivity index (χ2n) is 6.87. The van der Waals surface area contributed by atoms with E-state index in [1.165, 1.54) is 12.8 Å². The molecule has 0 saturated heterocycles. The molecule has 2 rings (SSSR count). The molecule has 0 spiro atoms. The Balaban J connectivity index is 1.66. The van der Waals surface area contributed by atoms with Crippen molar-refractivity contribution in [3.8, 4) is 0 Å². The van der Waals surface area contributed by atoms with Crippen molar-refractivity contribution >= 4 is 12.0 Å². The van der Waals surface area contributed by atoms with Gasteiger partial charge in [-0.2, -0.15) is 0 Å². The fourth-order valence-electron chi connectivity index (χ4n) is 3.65. The molecule has 3 N–H and O–H groups in total. The number of carbonyl (C=O) groups excluding carboxylic acids is 1. The van der Waals surface area contributed by atoms with Crippen LogP contribution in [0.4, 0.5) is 4.79 Å². The van der Waals surface area contributed by atoms with E-state index in [0.717, 1.165) is 32.2 Å². The number of aliphatic carboxylic acids is 1. The molecule has 22 heavy (non-hydrogen) atoms. The molecule has 2 aliphatic carbocycles. The largest absolute Gasteiger partial charge is 0.480 e. The summed E-state index contributed by atoms with van der Waals surface area (Å²) in [5, 5.41) is 15.0. The average Bonchev–Trinajstić information content (AvgIpc) is 2.40. The fourth-order valence-corrected chi connectivity index (χ4v) is 3.65. The lowest BCUT2D eigenvalue weighted by Gasteiger charge is -2.42. The minimum absolute atomic E-state index is 0.0659. The SMILES string of the molecule is CCN(CC(=O)O)C1CC(NC(=O)NC2CCCC(C)C2)C1. The Morgan fingerprint density at radius 2 is 1.82 bits per heavy atom. The number of amides is 2. The maximum atomic E-state index is 12.0. The number of hydrogen-bond acceptors (Lipinski definition) is 3. The van der Waals surface area contributed by atoms with E-state index in [1.54, 1.807) is 0 Å². The molecule has 6 heteroatoms. The molecule has 0 radical (unpaired) electrons. The van der Waals surface area contributed by atoms with Gasteiger partial charge < -0.3 is 15.7 Å². The van der Waals surface area contributed by atoms with Gasteiger partial charge in [0.15, 0.2) is 0 Å². The van der Waals surface area contributed by atoms with Crippen LogP contribution in [0.25, 0.3) is 0 Å². The van der Waals surface area contributed by atoms with Crippen LogP contribution in [0.1, 0.15) is 52.4 Å². The Hall–Kier alpha value is -1.30. The first-order valence-electron chi connectivity index (χ1n) is 8.50. The van der Waals surface area contributed by atoms with Gasteiger partial charge in [-0.05, 0) is 38.1 Å². The monoisotopic (exact) mass is 311 g/mol. The predicted octanol–water partition coefficient (Wildman–Crippen LogP) is 1.80. The van der Waals surface area contributed by atoms with Crippen LogP contribution < -0.4 is 10.6 Å². The molecule has 2 unspecified atom stereocenters. The van der Waals surface area contributed by atoms with E-state index in [2.05, 4.69) is 17.6 Å². The highest BCUT2D eigenvalue weighted by Gasteiger charge is 2.35. The van der Waals surface area contributed by atoms with Crippen LogP contribution in [0.5, 0.6) is 0 Å². The zero-order valence-corrected chi connectivity index (χ0v) is 13.7. The molecule has 2 atom stereocenters. The van der Waals surface area contributed by atoms with Crippen LogP contribution in [-0.4, -0.2) is 53.2 Å². The summed E-state index contributed by atoms with van der Waals surface area (Å²) in [6.45, 7) is 5.03. The summed E-state index contributed by atoms with van der Waals surface area (Å²) in [4.78, 5) is 24.8. The summed E-state index contributed by atoms with van der Waals surface area (Å²) >= 11 is 0. The zero-order valence-electron chi connectivity index (χ0n) is 13.7. The first-order chi connectivity index (χ1) is 10.5. The van der Waals surface area contributed by atoms with Crippen molar-refractivity contribution in [2.75, 3.05) is 13.1 Å². The summed E-state index contributed by atoms with van der Waals surface area (Å²) in [6, 6.07) is 0.692. The molecule has 0 bridgehead atoms. The van der Waals surface area contributed by atoms with Gasteiger partial charge in [0.05, 0.1) is 6.54 Å². The van der Waals surface area contributed by atoms with E-state index in [9.17, 15) is 9.59 Å². The van der Waals surface area contributed by atoms with E-state index < -0.39 is 5.97 Å². The number of urea groups is 1. The molecule has 2 amide bonds. The van der Waals surface area contributed by atoms with Gasteiger partial charge in [-0.15, -0.1) is 0 Å². The molecule has 0 aliphatic heterocycles. The lowest BCUT2D eigenvalue weighted by molar-refractivity contribution is -0.139. The van der Waals surface area contributed by atoms with Crippen molar-refractivity contribution in [3.63, 3.8) is 0 Å². The predicted molar refractivity (Wildman–Crippen MR) is 84.8 cm³/mol. The summed E-state index contributed by atoms with van der Waals surface area (Å²) in [5.74, 6) is -0.0938. The average molecular weight is 311 g/mol. The van der Waals surface area contributed by atoms with E-state index >= 15 is 0 Å². The van der Waals surface area contributed by atoms with E-state index in [4.69, 9.17) is 5.11 Å². The molecular formula is C16H29N3O3. The highest BCUT2D eigenvalue weighted by Crippen LogP contribution is 2.26. The Labute approximate surface area is 132 Å². The second kappa shape index (κ2) is 7.81. The number of likely N-dealkylation sites (N-methyl/N-ethyl adjacent to an activating group) is 1. The van der Waals surface area contributed by atoms with E-state index in [0.29, 0.717) is 12.0 Å². The number of nitrogens with zero attached hydrogens (tertiary/aromatic N) is 1. The smallest absolute Gasteiger partial charge is 0.317 e. The van der Waals surface area contributed by atoms with Gasteiger partial charge in [0.2, 0.25) is 0 Å². The molecule has 2 aliphatic rings. The Morgan fingerprint density at radius 3 is 2.41 bits per heavy atom. The van der Waals surface area contributed by atoms with Crippen molar-refractivity contribution in [2.24, 2.45) is 5.92 Å². The van der Waals surface area contributed by atoms with Crippen molar-refractivity contribution in [3.05, 3.63) is 0 Å². The molecule has 0 heterocycles. The van der Waals surface area contributed by atoms with Gasteiger partial charge in [0.25, 0.3) is 0 Å². The minimum atomic E-state index is -0.789. The molecule has 0 aromatic heterocycles. The first kappa shape index (κ1) is 17.1. The number of nitrogens with one attached hydrogen (secondary N) is 2. The Kier molecular flexibility index (Phi) is 6.06. The van der Waals surface area contributed by atoms with Gasteiger partial charge in [0.1, 0.15) is 0 Å². The lowest BCUT2D eigenvalue weighted by Crippen LogP contribution is -2.57. The fraction of sp³-hybridized carbons (Fsp3) is 0.875. The third-order valence-corrected chi connectivity index (χ3v) is 4.98. The third kappa shape index (κ3) is 4.87. The highest BCUT2D eigenvalue weighted by atomic mass is 16.4. The Bertz CT molecular complexity index is 396. The van der Waals surface area contributed by atoms with Crippen LogP contribution >= 0.6 is 0 Å². The van der Waals surface area contributed by atoms with Crippen LogP contribution in [-0.2, 0) is 4.79 Å². The molecule has 2 saturated carbocycles. The second-order valence-corrected chi connectivity index (χ2v) is 6.87. The number of carbonyl (C=O) groups is 2. The normalized spacial score (nSPS) is 31.4. The van der Waals surface area contributed by atoms with Gasteiger partial charge in [0, 0.05) is 18.1 Å². The van der Waals surface area contributed by atoms with Crippen molar-refractivity contribution < 1.29 is 14.7 Å². The van der Waals surface area contributed by atoms with Gasteiger partial charge in [-0.3, -0.25) is 9.69 Å². The van der Waals surface area contributed by atoms with Crippen molar-refractivity contribution in [2.45, 2.75) is 70.5 Å². The molecular weight excluding hydrogens is 282 g/mol. The zero-order chi connectivity index (χ0) is 16.1. The first-order valence-corrected chi connectivity index (χ1v) is 8.50. The topological polar surface area (TPSA) is 81.7 Å². The third-order valence-electron chi connectivity index (χ3n) is 4.98. The van der Waals surface area contributed by atoms with Crippen molar-refractivity contribution in [1.29, 1.82) is 0 Å². The number of carboxylic acids is 1. The van der Waals surface area contributed by atoms with Gasteiger partial charge in [-0.1, -0.05) is 26.7 Å². The Morgan fingerprint density at radius 1 is 1.14 bits per heavy atom. The van der Waals surface area contributed by atoms with E-state index in [-0.39, 0.29) is 24.7 Å². The maximum Gasteiger partial charge on any atom is 0.317 e. The molecule has 2 fully saturated rings. The quantitative estimate of drug-likeness (QED) is 0.698. The highest BCUT2D eigenvalue weighted by molar-refractivity contribution is 5.74. The summed E-state index contributed by atoms with van der Waals surface area (Å²) < 4.78 is 0. The maximum absolute atomic E-state index is 12.0. The number of hydrogen-bond donors (Lipinski definition) is 3. The number of rotatable bonds is 6.